The molecular formula is C20H22N2O6S2. The van der Waals surface area contributed by atoms with Crippen LogP contribution < -0.4 is 5.32 Å². The van der Waals surface area contributed by atoms with E-state index in [-0.39, 0.29) is 23.5 Å². The normalized spacial score (nSPS) is 14.4. The van der Waals surface area contributed by atoms with E-state index < -0.39 is 28.5 Å². The number of ketones is 1. The molecule has 0 saturated carbocycles. The van der Waals surface area contributed by atoms with Gasteiger partial charge in [-0.15, -0.1) is 11.3 Å². The first-order valence-electron chi connectivity index (χ1n) is 9.48. The van der Waals surface area contributed by atoms with Crippen molar-refractivity contribution in [3.05, 3.63) is 46.7 Å². The number of esters is 1. The van der Waals surface area contributed by atoms with Crippen LogP contribution in [0.25, 0.3) is 0 Å². The fourth-order valence-electron chi connectivity index (χ4n) is 3.00. The van der Waals surface area contributed by atoms with Crippen LogP contribution in [0.2, 0.25) is 0 Å². The van der Waals surface area contributed by atoms with Gasteiger partial charge in [0.2, 0.25) is 10.0 Å². The van der Waals surface area contributed by atoms with Crippen molar-refractivity contribution >= 4 is 44.7 Å². The molecule has 3 rings (SSSR count). The van der Waals surface area contributed by atoms with Crippen LogP contribution in [0.4, 0.5) is 5.69 Å². The van der Waals surface area contributed by atoms with E-state index in [1.807, 2.05) is 0 Å². The third kappa shape index (κ3) is 5.74. The molecule has 30 heavy (non-hydrogen) atoms. The summed E-state index contributed by atoms with van der Waals surface area (Å²) in [7, 11) is -3.59. The largest absolute Gasteiger partial charge is 0.456 e. The zero-order valence-electron chi connectivity index (χ0n) is 16.2. The fraction of sp³-hybridized carbons (Fsp3) is 0.350. The molecule has 1 aliphatic rings. The maximum absolute atomic E-state index is 12.6. The van der Waals surface area contributed by atoms with Crippen LogP contribution in [0.15, 0.2) is 46.7 Å². The quantitative estimate of drug-likeness (QED) is 0.465. The van der Waals surface area contributed by atoms with Crippen LogP contribution in [0.3, 0.4) is 0 Å². The van der Waals surface area contributed by atoms with Gasteiger partial charge in [-0.2, -0.15) is 4.31 Å². The summed E-state index contributed by atoms with van der Waals surface area (Å²) < 4.78 is 31.6. The number of carbonyl (C=O) groups excluding carboxylic acids is 3. The lowest BCUT2D eigenvalue weighted by atomic mass is 10.2. The molecule has 0 bridgehead atoms. The summed E-state index contributed by atoms with van der Waals surface area (Å²) in [5, 5.41) is 4.30. The second kappa shape index (κ2) is 9.96. The van der Waals surface area contributed by atoms with Crippen molar-refractivity contribution in [3.8, 4) is 0 Å². The maximum Gasteiger partial charge on any atom is 0.306 e. The smallest absolute Gasteiger partial charge is 0.306 e. The summed E-state index contributed by atoms with van der Waals surface area (Å²) in [6.07, 6.45) is 1.56. The van der Waals surface area contributed by atoms with E-state index in [0.717, 1.165) is 12.8 Å². The highest BCUT2D eigenvalue weighted by molar-refractivity contribution is 7.89. The molecule has 10 heteroatoms. The van der Waals surface area contributed by atoms with Gasteiger partial charge in [0.1, 0.15) is 0 Å². The lowest BCUT2D eigenvalue weighted by Gasteiger charge is -2.16. The van der Waals surface area contributed by atoms with Crippen LogP contribution in [0.1, 0.15) is 35.4 Å². The van der Waals surface area contributed by atoms with Gasteiger partial charge in [-0.3, -0.25) is 14.4 Å². The molecule has 1 aromatic heterocycles. The van der Waals surface area contributed by atoms with Crippen molar-refractivity contribution in [3.63, 3.8) is 0 Å². The summed E-state index contributed by atoms with van der Waals surface area (Å²) in [5.41, 5.74) is 0.296. The predicted octanol–water partition coefficient (Wildman–Crippen LogP) is 2.68. The van der Waals surface area contributed by atoms with E-state index in [1.165, 1.54) is 27.8 Å². The number of thiophene rings is 1. The van der Waals surface area contributed by atoms with Gasteiger partial charge in [0.05, 0.1) is 16.2 Å². The van der Waals surface area contributed by atoms with E-state index in [9.17, 15) is 22.8 Å². The molecule has 1 amide bonds. The van der Waals surface area contributed by atoms with Crippen molar-refractivity contribution < 1.29 is 27.5 Å². The van der Waals surface area contributed by atoms with E-state index in [4.69, 9.17) is 4.74 Å². The monoisotopic (exact) mass is 450 g/mol. The number of ether oxygens (including phenoxy) is 1. The number of sulfonamides is 1. The summed E-state index contributed by atoms with van der Waals surface area (Å²) in [6.45, 7) is 0.461. The van der Waals surface area contributed by atoms with E-state index in [2.05, 4.69) is 5.32 Å². The Labute approximate surface area is 178 Å². The molecule has 1 saturated heterocycles. The maximum atomic E-state index is 12.6. The molecule has 160 valence electrons. The number of benzene rings is 1. The van der Waals surface area contributed by atoms with Crippen LogP contribution in [-0.2, 0) is 24.3 Å². The molecule has 0 radical (unpaired) electrons. The van der Waals surface area contributed by atoms with Gasteiger partial charge in [0, 0.05) is 25.2 Å². The van der Waals surface area contributed by atoms with Crippen LogP contribution in [0.5, 0.6) is 0 Å². The number of nitrogens with zero attached hydrogens (tertiary/aromatic N) is 1. The highest BCUT2D eigenvalue weighted by Crippen LogP contribution is 2.23. The Morgan fingerprint density at radius 3 is 2.53 bits per heavy atom. The molecule has 1 aromatic carbocycles. The van der Waals surface area contributed by atoms with Crippen molar-refractivity contribution in [1.29, 1.82) is 0 Å². The van der Waals surface area contributed by atoms with Crippen LogP contribution in [0, 0.1) is 0 Å². The Hall–Kier alpha value is -2.56. The van der Waals surface area contributed by atoms with Crippen molar-refractivity contribution in [2.75, 3.05) is 25.0 Å². The zero-order chi connectivity index (χ0) is 21.6. The third-order valence-corrected chi connectivity index (χ3v) is 7.34. The predicted molar refractivity (Wildman–Crippen MR) is 112 cm³/mol. The molecule has 1 aliphatic heterocycles. The lowest BCUT2D eigenvalue weighted by Crippen LogP contribution is -2.28. The summed E-state index contributed by atoms with van der Waals surface area (Å²) >= 11 is 1.30. The highest BCUT2D eigenvalue weighted by Gasteiger charge is 2.27. The van der Waals surface area contributed by atoms with E-state index in [1.54, 1.807) is 29.6 Å². The van der Waals surface area contributed by atoms with E-state index in [0.29, 0.717) is 23.7 Å². The Kier molecular flexibility index (Phi) is 7.35. The Morgan fingerprint density at radius 1 is 1.07 bits per heavy atom. The average molecular weight is 451 g/mol. The van der Waals surface area contributed by atoms with Gasteiger partial charge in [0.25, 0.3) is 5.91 Å². The molecule has 1 N–H and O–H groups in total. The minimum Gasteiger partial charge on any atom is -0.456 e. The molecule has 1 fully saturated rings. The number of amides is 1. The van der Waals surface area contributed by atoms with Crippen molar-refractivity contribution in [1.82, 2.24) is 4.31 Å². The molecule has 0 unspecified atom stereocenters. The van der Waals surface area contributed by atoms with Gasteiger partial charge in [-0.1, -0.05) is 12.1 Å². The number of rotatable bonds is 9. The first-order chi connectivity index (χ1) is 14.4. The highest BCUT2D eigenvalue weighted by atomic mass is 32.2. The average Bonchev–Trinajstić information content (AvgIpc) is 3.45. The topological polar surface area (TPSA) is 110 Å². The van der Waals surface area contributed by atoms with Crippen molar-refractivity contribution in [2.24, 2.45) is 0 Å². The molecular weight excluding hydrogens is 428 g/mol. The van der Waals surface area contributed by atoms with Crippen LogP contribution >= 0.6 is 11.3 Å². The van der Waals surface area contributed by atoms with Gasteiger partial charge in [0.15, 0.2) is 12.4 Å². The molecule has 0 spiro atoms. The first kappa shape index (κ1) is 22.1. The second-order valence-electron chi connectivity index (χ2n) is 6.75. The lowest BCUT2D eigenvalue weighted by molar-refractivity contribution is -0.147. The third-order valence-electron chi connectivity index (χ3n) is 4.54. The SMILES string of the molecule is O=C(COC(=O)CCC(=O)c1cccs1)Nc1cccc(S(=O)(=O)N2CCCC2)c1. The summed E-state index contributed by atoms with van der Waals surface area (Å²) in [5.74, 6) is -1.40. The molecule has 8 nitrogen and oxygen atoms in total. The first-order valence-corrected chi connectivity index (χ1v) is 11.8. The Balaban J connectivity index is 1.48. The summed E-state index contributed by atoms with van der Waals surface area (Å²) in [6, 6.07) is 9.40. The summed E-state index contributed by atoms with van der Waals surface area (Å²) in [4.78, 5) is 36.4. The fourth-order valence-corrected chi connectivity index (χ4v) is 5.26. The standard InChI is InChI=1S/C20H22N2O6S2/c23-17(18-7-4-12-29-18)8-9-20(25)28-14-19(24)21-15-5-3-6-16(13-15)30(26,27)22-10-1-2-11-22/h3-7,12-13H,1-2,8-11,14H2,(H,21,24). The molecule has 0 aliphatic carbocycles. The Morgan fingerprint density at radius 2 is 1.83 bits per heavy atom. The number of nitrogens with one attached hydrogen (secondary N) is 1. The number of hydrogen-bond donors (Lipinski definition) is 1. The second-order valence-corrected chi connectivity index (χ2v) is 9.63. The zero-order valence-corrected chi connectivity index (χ0v) is 17.8. The Bertz CT molecular complexity index is 1010. The van der Waals surface area contributed by atoms with Crippen LogP contribution in [-0.4, -0.2) is 50.1 Å². The number of Topliss-reactive ketones (excluding diaryl/α,β-unsaturated/α-hetero) is 1. The van der Waals surface area contributed by atoms with Gasteiger partial charge >= 0.3 is 5.97 Å². The minimum absolute atomic E-state index is 0.0113. The van der Waals surface area contributed by atoms with Gasteiger partial charge in [-0.25, -0.2) is 8.42 Å². The minimum atomic E-state index is -3.59. The number of anilines is 1. The molecule has 2 aromatic rings. The van der Waals surface area contributed by atoms with Gasteiger partial charge in [-0.05, 0) is 42.5 Å². The molecule has 0 atom stereocenters. The molecule has 2 heterocycles. The number of carbonyl (C=O) groups is 3. The number of hydrogen-bond acceptors (Lipinski definition) is 7. The van der Waals surface area contributed by atoms with Gasteiger partial charge < -0.3 is 10.1 Å². The van der Waals surface area contributed by atoms with Crippen molar-refractivity contribution in [2.45, 2.75) is 30.6 Å². The van der Waals surface area contributed by atoms with E-state index >= 15 is 0 Å².